The normalized spacial score (nSPS) is 34.3. The van der Waals surface area contributed by atoms with Gasteiger partial charge in [-0.15, -0.1) is 0 Å². The Bertz CT molecular complexity index is 101. The van der Waals surface area contributed by atoms with Crippen LogP contribution in [-0.4, -0.2) is 40.8 Å². The smallest absolute Gasteiger partial charge is 0.332 e. The van der Waals surface area contributed by atoms with E-state index in [1.807, 2.05) is 0 Å². The van der Waals surface area contributed by atoms with Crippen molar-refractivity contribution in [2.45, 2.75) is 12.3 Å². The standard InChI is InChI=1S/C4H8O5/c5-3-4(6,7)9-2-1-8-3/h3,5-7H,1-2H2. The summed E-state index contributed by atoms with van der Waals surface area (Å²) in [6.07, 6.45) is -1.66. The van der Waals surface area contributed by atoms with Crippen LogP contribution in [0.15, 0.2) is 0 Å². The van der Waals surface area contributed by atoms with Crippen molar-refractivity contribution in [1.82, 2.24) is 0 Å². The Hall–Kier alpha value is -0.200. The first-order valence-electron chi connectivity index (χ1n) is 2.51. The third-order valence-corrected chi connectivity index (χ3v) is 0.995. The largest absolute Gasteiger partial charge is 0.362 e. The number of aliphatic hydroxyl groups is 3. The van der Waals surface area contributed by atoms with Gasteiger partial charge in [-0.2, -0.15) is 0 Å². The second-order valence-electron chi connectivity index (χ2n) is 1.73. The average Bonchev–Trinajstić information content (AvgIpc) is 1.77. The third-order valence-electron chi connectivity index (χ3n) is 0.995. The molecule has 1 saturated heterocycles. The first kappa shape index (κ1) is 6.91. The van der Waals surface area contributed by atoms with Crippen molar-refractivity contribution in [3.8, 4) is 0 Å². The molecule has 3 N–H and O–H groups in total. The Morgan fingerprint density at radius 3 is 2.33 bits per heavy atom. The van der Waals surface area contributed by atoms with Crippen molar-refractivity contribution < 1.29 is 24.8 Å². The number of aliphatic hydroxyl groups excluding tert-OH is 1. The lowest BCUT2D eigenvalue weighted by atomic mass is 10.5. The maximum Gasteiger partial charge on any atom is 0.332 e. The molecule has 1 fully saturated rings. The lowest BCUT2D eigenvalue weighted by Crippen LogP contribution is -2.50. The number of hydrogen-bond acceptors (Lipinski definition) is 5. The van der Waals surface area contributed by atoms with Gasteiger partial charge in [-0.1, -0.05) is 0 Å². The molecule has 9 heavy (non-hydrogen) atoms. The zero-order chi connectivity index (χ0) is 6.91. The second-order valence-corrected chi connectivity index (χ2v) is 1.73. The van der Waals surface area contributed by atoms with Crippen LogP contribution in [0.2, 0.25) is 0 Å². The highest BCUT2D eigenvalue weighted by Gasteiger charge is 2.38. The molecule has 0 bridgehead atoms. The van der Waals surface area contributed by atoms with Crippen LogP contribution < -0.4 is 0 Å². The molecule has 1 heterocycles. The molecule has 0 aromatic carbocycles. The van der Waals surface area contributed by atoms with E-state index in [1.165, 1.54) is 0 Å². The Labute approximate surface area is 51.4 Å². The van der Waals surface area contributed by atoms with Crippen molar-refractivity contribution in [2.24, 2.45) is 0 Å². The molecule has 1 rings (SSSR count). The summed E-state index contributed by atoms with van der Waals surface area (Å²) in [7, 11) is 0. The lowest BCUT2D eigenvalue weighted by Gasteiger charge is -2.30. The van der Waals surface area contributed by atoms with E-state index in [0.29, 0.717) is 0 Å². The van der Waals surface area contributed by atoms with Crippen LogP contribution in [0.25, 0.3) is 0 Å². The van der Waals surface area contributed by atoms with Crippen molar-refractivity contribution in [2.75, 3.05) is 13.2 Å². The summed E-state index contributed by atoms with van der Waals surface area (Å²) in [4.78, 5) is 0. The van der Waals surface area contributed by atoms with Gasteiger partial charge < -0.3 is 24.8 Å². The van der Waals surface area contributed by atoms with Gasteiger partial charge in [0.15, 0.2) is 0 Å². The van der Waals surface area contributed by atoms with E-state index in [1.54, 1.807) is 0 Å². The summed E-state index contributed by atoms with van der Waals surface area (Å²) in [6, 6.07) is 0. The quantitative estimate of drug-likeness (QED) is 0.335. The van der Waals surface area contributed by atoms with Gasteiger partial charge in [-0.3, -0.25) is 0 Å². The van der Waals surface area contributed by atoms with Crippen LogP contribution >= 0.6 is 0 Å². The first-order valence-corrected chi connectivity index (χ1v) is 2.51. The predicted molar refractivity (Wildman–Crippen MR) is 25.1 cm³/mol. The Morgan fingerprint density at radius 2 is 2.00 bits per heavy atom. The van der Waals surface area contributed by atoms with Gasteiger partial charge in [0.05, 0.1) is 13.2 Å². The Balaban J connectivity index is 2.49. The molecule has 5 heteroatoms. The molecule has 54 valence electrons. The molecular formula is C4H8O5. The van der Waals surface area contributed by atoms with Crippen molar-refractivity contribution >= 4 is 0 Å². The van der Waals surface area contributed by atoms with E-state index in [9.17, 15) is 0 Å². The molecular weight excluding hydrogens is 128 g/mol. The van der Waals surface area contributed by atoms with Crippen LogP contribution in [0.4, 0.5) is 0 Å². The van der Waals surface area contributed by atoms with Gasteiger partial charge in [0, 0.05) is 0 Å². The lowest BCUT2D eigenvalue weighted by molar-refractivity contribution is -0.446. The molecule has 0 aliphatic carbocycles. The minimum Gasteiger partial charge on any atom is -0.362 e. The second kappa shape index (κ2) is 2.20. The minimum atomic E-state index is -2.53. The topological polar surface area (TPSA) is 79.2 Å². The van der Waals surface area contributed by atoms with Crippen molar-refractivity contribution in [3.05, 3.63) is 0 Å². The molecule has 0 amide bonds. The molecule has 1 aliphatic heterocycles. The van der Waals surface area contributed by atoms with E-state index in [-0.39, 0.29) is 13.2 Å². The summed E-state index contributed by atoms with van der Waals surface area (Å²) in [5, 5.41) is 25.8. The molecule has 5 nitrogen and oxygen atoms in total. The van der Waals surface area contributed by atoms with Crippen LogP contribution in [0.5, 0.6) is 0 Å². The maximum absolute atomic E-state index is 8.60. The molecule has 1 atom stereocenters. The van der Waals surface area contributed by atoms with E-state index in [2.05, 4.69) is 9.47 Å². The maximum atomic E-state index is 8.60. The molecule has 0 saturated carbocycles. The van der Waals surface area contributed by atoms with Gasteiger partial charge in [-0.05, 0) is 0 Å². The molecule has 1 aliphatic rings. The SMILES string of the molecule is OC1OCCOC1(O)O. The number of rotatable bonds is 0. The van der Waals surface area contributed by atoms with E-state index < -0.39 is 12.3 Å². The molecule has 0 spiro atoms. The first-order chi connectivity index (χ1) is 4.13. The van der Waals surface area contributed by atoms with E-state index in [0.717, 1.165) is 0 Å². The van der Waals surface area contributed by atoms with Crippen molar-refractivity contribution in [1.29, 1.82) is 0 Å². The fourth-order valence-electron chi connectivity index (χ4n) is 0.531. The van der Waals surface area contributed by atoms with Gasteiger partial charge in [-0.25, -0.2) is 0 Å². The summed E-state index contributed by atoms with van der Waals surface area (Å²) in [6.45, 7) is 0.244. The van der Waals surface area contributed by atoms with Crippen LogP contribution in [0.3, 0.4) is 0 Å². The molecule has 0 aromatic heterocycles. The minimum absolute atomic E-state index is 0.0735. The highest BCUT2D eigenvalue weighted by molar-refractivity contribution is 4.58. The summed E-state index contributed by atoms with van der Waals surface area (Å²) >= 11 is 0. The predicted octanol–water partition coefficient (Wildman–Crippen LogP) is -2.01. The fourth-order valence-corrected chi connectivity index (χ4v) is 0.531. The van der Waals surface area contributed by atoms with Gasteiger partial charge >= 0.3 is 5.97 Å². The molecule has 0 radical (unpaired) electrons. The summed E-state index contributed by atoms with van der Waals surface area (Å²) < 4.78 is 8.74. The highest BCUT2D eigenvalue weighted by atomic mass is 16.8. The Kier molecular flexibility index (Phi) is 1.69. The Morgan fingerprint density at radius 1 is 1.33 bits per heavy atom. The van der Waals surface area contributed by atoms with Crippen LogP contribution in [0, 0.1) is 0 Å². The molecule has 1 unspecified atom stereocenters. The number of hydrogen-bond donors (Lipinski definition) is 3. The fraction of sp³-hybridized carbons (Fsp3) is 1.00. The van der Waals surface area contributed by atoms with Crippen LogP contribution in [0.1, 0.15) is 0 Å². The van der Waals surface area contributed by atoms with Gasteiger partial charge in [0.25, 0.3) is 0 Å². The summed E-state index contributed by atoms with van der Waals surface area (Å²) in [5.74, 6) is -2.53. The van der Waals surface area contributed by atoms with E-state index >= 15 is 0 Å². The summed E-state index contributed by atoms with van der Waals surface area (Å²) in [5.41, 5.74) is 0. The van der Waals surface area contributed by atoms with Crippen molar-refractivity contribution in [3.63, 3.8) is 0 Å². The van der Waals surface area contributed by atoms with Gasteiger partial charge in [0.1, 0.15) is 0 Å². The van der Waals surface area contributed by atoms with E-state index in [4.69, 9.17) is 15.3 Å². The zero-order valence-corrected chi connectivity index (χ0v) is 4.65. The molecule has 0 aromatic rings. The zero-order valence-electron chi connectivity index (χ0n) is 4.65. The highest BCUT2D eigenvalue weighted by Crippen LogP contribution is 2.13. The van der Waals surface area contributed by atoms with Crippen LogP contribution in [-0.2, 0) is 9.47 Å². The monoisotopic (exact) mass is 136 g/mol. The third kappa shape index (κ3) is 1.38. The van der Waals surface area contributed by atoms with Gasteiger partial charge in [0.2, 0.25) is 6.29 Å². The average molecular weight is 136 g/mol. The number of ether oxygens (including phenoxy) is 2.